The van der Waals surface area contributed by atoms with E-state index in [9.17, 15) is 4.79 Å². The van der Waals surface area contributed by atoms with Crippen molar-refractivity contribution < 1.29 is 4.79 Å². The fraction of sp³-hybridized carbons (Fsp3) is 0.550. The third-order valence-corrected chi connectivity index (χ3v) is 6.59. The molecule has 6 heteroatoms. The van der Waals surface area contributed by atoms with Gasteiger partial charge in [0.15, 0.2) is 5.82 Å². The molecule has 1 aliphatic carbocycles. The molecule has 0 radical (unpaired) electrons. The number of aromatic nitrogens is 3. The van der Waals surface area contributed by atoms with Gasteiger partial charge in [0.05, 0.1) is 5.75 Å². The molecule has 4 rings (SSSR count). The average molecular weight is 371 g/mol. The topological polar surface area (TPSA) is 61.9 Å². The van der Waals surface area contributed by atoms with E-state index in [1.807, 2.05) is 12.1 Å². The molecule has 1 amide bonds. The molecule has 1 aromatic carbocycles. The molecule has 1 saturated heterocycles. The zero-order chi connectivity index (χ0) is 17.9. The van der Waals surface area contributed by atoms with E-state index in [2.05, 4.69) is 39.1 Å². The van der Waals surface area contributed by atoms with Crippen LogP contribution in [-0.2, 0) is 4.79 Å². The Morgan fingerprint density at radius 1 is 1.19 bits per heavy atom. The fourth-order valence-corrected chi connectivity index (χ4v) is 4.90. The minimum Gasteiger partial charge on any atom is -0.342 e. The van der Waals surface area contributed by atoms with E-state index in [1.165, 1.54) is 49.4 Å². The van der Waals surface area contributed by atoms with Gasteiger partial charge in [-0.1, -0.05) is 60.9 Å². The molecule has 2 aromatic rings. The maximum atomic E-state index is 12.6. The number of likely N-dealkylation sites (tertiary alicyclic amines) is 1. The Bertz CT molecular complexity index is 757. The summed E-state index contributed by atoms with van der Waals surface area (Å²) in [6.07, 6.45) is 6.54. The van der Waals surface area contributed by atoms with Crippen molar-refractivity contribution in [2.75, 3.05) is 18.8 Å². The summed E-state index contributed by atoms with van der Waals surface area (Å²) in [7, 11) is 0. The summed E-state index contributed by atoms with van der Waals surface area (Å²) in [5, 5.41) is 7.87. The smallest absolute Gasteiger partial charge is 0.233 e. The van der Waals surface area contributed by atoms with Crippen LogP contribution in [0.25, 0.3) is 11.4 Å². The van der Waals surface area contributed by atoms with Crippen LogP contribution in [0.5, 0.6) is 0 Å². The summed E-state index contributed by atoms with van der Waals surface area (Å²) in [5.74, 6) is 2.97. The van der Waals surface area contributed by atoms with Crippen LogP contribution in [0.1, 0.15) is 37.7 Å². The van der Waals surface area contributed by atoms with E-state index < -0.39 is 0 Å². The first kappa shape index (κ1) is 17.6. The largest absolute Gasteiger partial charge is 0.342 e. The number of benzene rings is 1. The number of aromatic amines is 1. The highest BCUT2D eigenvalue weighted by molar-refractivity contribution is 7.99. The standard InChI is InChI=1S/C20H26N4OS/c1-14-6-8-16(9-7-14)19-21-20(23-22-19)26-13-18(25)24-11-10-15-4-2-3-5-17(15)12-24/h6-9,15,17H,2-5,10-13H2,1H3,(H,21,22,23)/t15-,17-/m0/s1. The Hall–Kier alpha value is -1.82. The predicted molar refractivity (Wildman–Crippen MR) is 104 cm³/mol. The molecule has 2 atom stereocenters. The number of H-pyrrole nitrogens is 1. The molecule has 2 aliphatic rings. The van der Waals surface area contributed by atoms with E-state index in [0.717, 1.165) is 36.3 Å². The first-order valence-corrected chi connectivity index (χ1v) is 10.6. The van der Waals surface area contributed by atoms with Gasteiger partial charge in [-0.3, -0.25) is 9.89 Å². The number of hydrogen-bond acceptors (Lipinski definition) is 4. The van der Waals surface area contributed by atoms with Crippen LogP contribution >= 0.6 is 11.8 Å². The fourth-order valence-electron chi connectivity index (χ4n) is 4.20. The molecule has 1 N–H and O–H groups in total. The Morgan fingerprint density at radius 2 is 1.96 bits per heavy atom. The zero-order valence-corrected chi connectivity index (χ0v) is 16.1. The second-order valence-electron chi connectivity index (χ2n) is 7.55. The number of nitrogens with one attached hydrogen (secondary N) is 1. The Morgan fingerprint density at radius 3 is 2.77 bits per heavy atom. The highest BCUT2D eigenvalue weighted by atomic mass is 32.2. The maximum absolute atomic E-state index is 12.6. The van der Waals surface area contributed by atoms with E-state index in [4.69, 9.17) is 0 Å². The van der Waals surface area contributed by atoms with Gasteiger partial charge in [0.2, 0.25) is 11.1 Å². The molecule has 1 aliphatic heterocycles. The normalized spacial score (nSPS) is 22.9. The third-order valence-electron chi connectivity index (χ3n) is 5.76. The molecular weight excluding hydrogens is 344 g/mol. The lowest BCUT2D eigenvalue weighted by atomic mass is 9.75. The minimum absolute atomic E-state index is 0.223. The van der Waals surface area contributed by atoms with Crippen LogP contribution in [-0.4, -0.2) is 44.8 Å². The van der Waals surface area contributed by atoms with Gasteiger partial charge in [0, 0.05) is 18.7 Å². The highest BCUT2D eigenvalue weighted by Gasteiger charge is 2.32. The number of thioether (sulfide) groups is 1. The van der Waals surface area contributed by atoms with Gasteiger partial charge in [0.1, 0.15) is 0 Å². The molecule has 26 heavy (non-hydrogen) atoms. The second kappa shape index (κ2) is 7.82. The highest BCUT2D eigenvalue weighted by Crippen LogP contribution is 2.36. The Kier molecular flexibility index (Phi) is 5.29. The summed E-state index contributed by atoms with van der Waals surface area (Å²) < 4.78 is 0. The summed E-state index contributed by atoms with van der Waals surface area (Å²) >= 11 is 1.43. The van der Waals surface area contributed by atoms with E-state index >= 15 is 0 Å². The van der Waals surface area contributed by atoms with Gasteiger partial charge in [0.25, 0.3) is 0 Å². The van der Waals surface area contributed by atoms with Crippen molar-refractivity contribution in [1.82, 2.24) is 20.1 Å². The van der Waals surface area contributed by atoms with Crippen LogP contribution in [0.15, 0.2) is 29.4 Å². The number of amides is 1. The van der Waals surface area contributed by atoms with Crippen LogP contribution in [0, 0.1) is 18.8 Å². The molecule has 5 nitrogen and oxygen atoms in total. The molecular formula is C20H26N4OS. The molecule has 1 aromatic heterocycles. The van der Waals surface area contributed by atoms with Crippen molar-refractivity contribution in [2.45, 2.75) is 44.2 Å². The monoisotopic (exact) mass is 370 g/mol. The summed E-state index contributed by atoms with van der Waals surface area (Å²) in [5.41, 5.74) is 2.23. The van der Waals surface area contributed by atoms with Crippen molar-refractivity contribution in [3.05, 3.63) is 29.8 Å². The van der Waals surface area contributed by atoms with Gasteiger partial charge in [-0.15, -0.1) is 5.10 Å². The molecule has 0 unspecified atom stereocenters. The number of nitrogens with zero attached hydrogens (tertiary/aromatic N) is 3. The van der Waals surface area contributed by atoms with Crippen molar-refractivity contribution in [1.29, 1.82) is 0 Å². The molecule has 0 spiro atoms. The van der Waals surface area contributed by atoms with Crippen LogP contribution < -0.4 is 0 Å². The molecule has 138 valence electrons. The molecule has 2 fully saturated rings. The molecule has 1 saturated carbocycles. The lowest BCUT2D eigenvalue weighted by Crippen LogP contribution is -2.45. The van der Waals surface area contributed by atoms with Crippen molar-refractivity contribution >= 4 is 17.7 Å². The lowest BCUT2D eigenvalue weighted by molar-refractivity contribution is -0.131. The summed E-state index contributed by atoms with van der Waals surface area (Å²) in [6, 6.07) is 8.18. The predicted octanol–water partition coefficient (Wildman–Crippen LogP) is 3.91. The minimum atomic E-state index is 0.223. The SMILES string of the molecule is Cc1ccc(-c2nc(SCC(=O)N3CC[C@@H]4CCCC[C@H]4C3)n[nH]2)cc1. The summed E-state index contributed by atoms with van der Waals surface area (Å²) in [4.78, 5) is 19.2. The second-order valence-corrected chi connectivity index (χ2v) is 8.50. The maximum Gasteiger partial charge on any atom is 0.233 e. The number of carbonyl (C=O) groups excluding carboxylic acids is 1. The average Bonchev–Trinajstić information content (AvgIpc) is 3.15. The van der Waals surface area contributed by atoms with Crippen LogP contribution in [0.3, 0.4) is 0 Å². The van der Waals surface area contributed by atoms with Gasteiger partial charge in [-0.05, 0) is 31.6 Å². The first-order valence-electron chi connectivity index (χ1n) is 9.59. The molecule has 2 heterocycles. The summed E-state index contributed by atoms with van der Waals surface area (Å²) in [6.45, 7) is 3.93. The van der Waals surface area contributed by atoms with Gasteiger partial charge in [-0.2, -0.15) is 0 Å². The first-order chi connectivity index (χ1) is 12.7. The number of hydrogen-bond donors (Lipinski definition) is 1. The van der Waals surface area contributed by atoms with Crippen LogP contribution in [0.4, 0.5) is 0 Å². The quantitative estimate of drug-likeness (QED) is 0.829. The zero-order valence-electron chi connectivity index (χ0n) is 15.3. The number of piperidine rings is 1. The Labute approximate surface area is 159 Å². The number of aryl methyl sites for hydroxylation is 1. The van der Waals surface area contributed by atoms with Gasteiger partial charge >= 0.3 is 0 Å². The number of rotatable bonds is 4. The lowest BCUT2D eigenvalue weighted by Gasteiger charge is -2.41. The Balaban J connectivity index is 1.31. The number of carbonyl (C=O) groups is 1. The van der Waals surface area contributed by atoms with Crippen molar-refractivity contribution in [2.24, 2.45) is 11.8 Å². The van der Waals surface area contributed by atoms with E-state index in [0.29, 0.717) is 10.9 Å². The number of fused-ring (bicyclic) bond motifs is 1. The van der Waals surface area contributed by atoms with E-state index in [-0.39, 0.29) is 5.91 Å². The van der Waals surface area contributed by atoms with Gasteiger partial charge in [-0.25, -0.2) is 4.98 Å². The van der Waals surface area contributed by atoms with Crippen molar-refractivity contribution in [3.8, 4) is 11.4 Å². The third kappa shape index (κ3) is 3.95. The van der Waals surface area contributed by atoms with Crippen LogP contribution in [0.2, 0.25) is 0 Å². The van der Waals surface area contributed by atoms with Gasteiger partial charge < -0.3 is 4.90 Å². The molecule has 0 bridgehead atoms. The van der Waals surface area contributed by atoms with E-state index in [1.54, 1.807) is 0 Å². The van der Waals surface area contributed by atoms with Crippen molar-refractivity contribution in [3.63, 3.8) is 0 Å².